The van der Waals surface area contributed by atoms with Crippen molar-refractivity contribution in [1.29, 1.82) is 0 Å². The first kappa shape index (κ1) is 19.6. The van der Waals surface area contributed by atoms with Gasteiger partial charge in [0.05, 0.1) is 0 Å². The minimum Gasteiger partial charge on any atom is -0.768 e. The Morgan fingerprint density at radius 3 is 1.48 bits per heavy atom. The molecular weight excluding hydrogens is 389 g/mol. The number of benzene rings is 3. The molecule has 136 valence electrons. The summed E-state index contributed by atoms with van der Waals surface area (Å²) in [6.07, 6.45) is 2.69. The largest absolute Gasteiger partial charge is 0.768 e. The lowest BCUT2D eigenvalue weighted by Gasteiger charge is -2.31. The van der Waals surface area contributed by atoms with Crippen molar-refractivity contribution in [2.45, 2.75) is 0 Å². The molecule has 3 aromatic rings. The van der Waals surface area contributed by atoms with Gasteiger partial charge in [0, 0.05) is 0 Å². The van der Waals surface area contributed by atoms with Crippen molar-refractivity contribution in [3.8, 4) is 0 Å². The normalized spacial score (nSPS) is 12.2. The van der Waals surface area contributed by atoms with Gasteiger partial charge < -0.3 is 12.6 Å². The average molecular weight is 410 g/mol. The average Bonchev–Trinajstić information content (AvgIpc) is 2.75. The Morgan fingerprint density at radius 2 is 1.19 bits per heavy atom. The van der Waals surface area contributed by atoms with E-state index in [-0.39, 0.29) is 0 Å². The van der Waals surface area contributed by atoms with E-state index in [4.69, 9.17) is 12.6 Å². The monoisotopic (exact) mass is 409 g/mol. The number of hydrogen-bond donors (Lipinski definition) is 1. The maximum absolute atomic E-state index is 11.6. The molecule has 0 radical (unpaired) electrons. The van der Waals surface area contributed by atoms with Gasteiger partial charge in [-0.05, 0) is 42.7 Å². The van der Waals surface area contributed by atoms with Crippen LogP contribution >= 0.6 is 19.0 Å². The molecule has 0 saturated carbocycles. The third kappa shape index (κ3) is 3.79. The van der Waals surface area contributed by atoms with Gasteiger partial charge in [-0.15, -0.1) is 0 Å². The van der Waals surface area contributed by atoms with Crippen LogP contribution in [-0.2, 0) is 17.4 Å². The van der Waals surface area contributed by atoms with Crippen LogP contribution in [0, 0.1) is 0 Å². The fourth-order valence-corrected chi connectivity index (χ4v) is 8.69. The molecule has 0 unspecified atom stereocenters. The molecule has 3 rings (SSSR count). The molecule has 0 spiro atoms. The van der Waals surface area contributed by atoms with Gasteiger partial charge in [-0.3, -0.25) is 10.1 Å². The van der Waals surface area contributed by atoms with E-state index in [0.717, 1.165) is 27.8 Å². The van der Waals surface area contributed by atoms with Gasteiger partial charge >= 0.3 is 0 Å². The number of carbonyl (C=O) groups is 1. The van der Waals surface area contributed by atoms with Crippen molar-refractivity contribution in [3.05, 3.63) is 101 Å². The minimum atomic E-state index is -2.34. The van der Waals surface area contributed by atoms with E-state index in [1.54, 1.807) is 0 Å². The van der Waals surface area contributed by atoms with E-state index in [1.807, 2.05) is 60.9 Å². The van der Waals surface area contributed by atoms with E-state index in [2.05, 4.69) is 41.7 Å². The van der Waals surface area contributed by atoms with E-state index < -0.39 is 7.26 Å². The summed E-state index contributed by atoms with van der Waals surface area (Å²) in [6, 6.07) is 31.0. The van der Waals surface area contributed by atoms with Crippen LogP contribution in [0.25, 0.3) is 0 Å². The molecule has 27 heavy (non-hydrogen) atoms. The first-order chi connectivity index (χ1) is 13.2. The van der Waals surface area contributed by atoms with Crippen LogP contribution in [0.2, 0.25) is 0 Å². The van der Waals surface area contributed by atoms with Crippen LogP contribution in [0.15, 0.2) is 101 Å². The summed E-state index contributed by atoms with van der Waals surface area (Å²) in [5, 5.41) is 6.46. The zero-order valence-corrected chi connectivity index (χ0v) is 17.4. The summed E-state index contributed by atoms with van der Waals surface area (Å²) in [7, 11) is -2.34. The maximum atomic E-state index is 11.6. The SMILES string of the molecule is CS/C([S-])=C(/NC=O)[P+](c1ccccc1)(c1ccccc1)c1ccccc1. The number of thioether (sulfide) groups is 1. The van der Waals surface area contributed by atoms with Crippen molar-refractivity contribution >= 4 is 54.0 Å². The molecule has 0 saturated heterocycles. The molecule has 0 atom stereocenters. The third-order valence-corrected chi connectivity index (χ3v) is 10.2. The quantitative estimate of drug-likeness (QED) is 0.366. The minimum absolute atomic E-state index is 0.701. The predicted molar refractivity (Wildman–Crippen MR) is 122 cm³/mol. The van der Waals surface area contributed by atoms with Crippen molar-refractivity contribution in [3.63, 3.8) is 0 Å². The van der Waals surface area contributed by atoms with Gasteiger partial charge in [-0.2, -0.15) is 11.8 Å². The van der Waals surface area contributed by atoms with Gasteiger partial charge in [0.15, 0.2) is 12.7 Å². The zero-order valence-electron chi connectivity index (χ0n) is 14.9. The predicted octanol–water partition coefficient (Wildman–Crippen LogP) is 3.76. The number of amides is 1. The Balaban J connectivity index is 2.49. The molecule has 1 amide bonds. The molecule has 0 aliphatic heterocycles. The molecule has 3 aromatic carbocycles. The fourth-order valence-electron chi connectivity index (χ4n) is 3.23. The Hall–Kier alpha value is -2.13. The second-order valence-electron chi connectivity index (χ2n) is 5.78. The zero-order chi connectivity index (χ0) is 19.1. The van der Waals surface area contributed by atoms with Crippen LogP contribution in [0.3, 0.4) is 0 Å². The van der Waals surface area contributed by atoms with E-state index in [1.165, 1.54) is 11.8 Å². The summed E-state index contributed by atoms with van der Waals surface area (Å²) in [4.78, 5) is 11.6. The van der Waals surface area contributed by atoms with Gasteiger partial charge in [0.2, 0.25) is 6.41 Å². The maximum Gasteiger partial charge on any atom is 0.213 e. The lowest BCUT2D eigenvalue weighted by atomic mass is 10.4. The summed E-state index contributed by atoms with van der Waals surface area (Å²) in [6.45, 7) is 0. The van der Waals surface area contributed by atoms with Gasteiger partial charge in [-0.25, -0.2) is 0 Å². The summed E-state index contributed by atoms with van der Waals surface area (Å²) < 4.78 is 0.701. The lowest BCUT2D eigenvalue weighted by Crippen LogP contribution is -2.36. The first-order valence-electron chi connectivity index (χ1n) is 8.47. The highest BCUT2D eigenvalue weighted by molar-refractivity contribution is 8.11. The van der Waals surface area contributed by atoms with E-state index >= 15 is 0 Å². The van der Waals surface area contributed by atoms with Crippen LogP contribution < -0.4 is 21.2 Å². The Kier molecular flexibility index (Phi) is 6.68. The van der Waals surface area contributed by atoms with Crippen molar-refractivity contribution in [2.75, 3.05) is 6.26 Å². The van der Waals surface area contributed by atoms with Gasteiger partial charge in [0.25, 0.3) is 0 Å². The smallest absolute Gasteiger partial charge is 0.213 e. The van der Waals surface area contributed by atoms with Crippen LogP contribution in [-0.4, -0.2) is 12.7 Å². The van der Waals surface area contributed by atoms with Crippen LogP contribution in [0.4, 0.5) is 0 Å². The van der Waals surface area contributed by atoms with Crippen LogP contribution in [0.5, 0.6) is 0 Å². The second-order valence-corrected chi connectivity index (χ2v) is 10.6. The lowest BCUT2D eigenvalue weighted by molar-refractivity contribution is -0.108. The summed E-state index contributed by atoms with van der Waals surface area (Å²) >= 11 is 7.21. The topological polar surface area (TPSA) is 29.1 Å². The summed E-state index contributed by atoms with van der Waals surface area (Å²) in [5.41, 5.74) is 0.809. The standard InChI is InChI=1S/C22H20NOPS2/c1-27-22(26)21(23-17-24)25(18-11-5-2-6-12-18,19-13-7-3-8-14-19)20-15-9-4-10-16-20/h2-17H,1H3,(H-,23,24,26)/b22-21-. The van der Waals surface area contributed by atoms with E-state index in [9.17, 15) is 4.79 Å². The Labute approximate surface area is 170 Å². The van der Waals surface area contributed by atoms with Gasteiger partial charge in [0.1, 0.15) is 15.9 Å². The molecule has 0 aliphatic rings. The van der Waals surface area contributed by atoms with E-state index in [0.29, 0.717) is 4.24 Å². The number of carbonyl (C=O) groups excluding carboxylic acids is 1. The molecule has 0 fully saturated rings. The highest BCUT2D eigenvalue weighted by Crippen LogP contribution is 2.62. The third-order valence-electron chi connectivity index (χ3n) is 4.34. The molecule has 0 aliphatic carbocycles. The molecule has 1 N–H and O–H groups in total. The number of hydrogen-bond acceptors (Lipinski definition) is 3. The van der Waals surface area contributed by atoms with Crippen LogP contribution in [0.1, 0.15) is 0 Å². The highest BCUT2D eigenvalue weighted by atomic mass is 32.2. The summed E-state index contributed by atoms with van der Waals surface area (Å²) in [5.74, 6) is 0. The first-order valence-corrected chi connectivity index (χ1v) is 11.9. The Bertz CT molecular complexity index is 818. The van der Waals surface area contributed by atoms with Crippen molar-refractivity contribution < 1.29 is 4.79 Å². The molecule has 0 aromatic heterocycles. The second kappa shape index (κ2) is 9.18. The fraction of sp³-hybridized carbons (Fsp3) is 0.0455. The molecule has 0 heterocycles. The number of nitrogens with one attached hydrogen (secondary N) is 1. The highest BCUT2D eigenvalue weighted by Gasteiger charge is 2.50. The molecule has 5 heteroatoms. The molecule has 0 bridgehead atoms. The molecular formula is C22H20NOPS2. The van der Waals surface area contributed by atoms with Gasteiger partial charge in [-0.1, -0.05) is 58.8 Å². The van der Waals surface area contributed by atoms with Crippen molar-refractivity contribution in [1.82, 2.24) is 5.32 Å². The number of rotatable bonds is 7. The molecule has 2 nitrogen and oxygen atoms in total. The van der Waals surface area contributed by atoms with Crippen molar-refractivity contribution in [2.24, 2.45) is 0 Å². The Morgan fingerprint density at radius 1 is 0.815 bits per heavy atom.